The van der Waals surface area contributed by atoms with Gasteiger partial charge in [-0.1, -0.05) is 12.2 Å². The van der Waals surface area contributed by atoms with E-state index < -0.39 is 17.9 Å². The summed E-state index contributed by atoms with van der Waals surface area (Å²) in [5, 5.41) is 12.8. The van der Waals surface area contributed by atoms with Gasteiger partial charge in [-0.2, -0.15) is 0 Å². The number of hydrogen-bond donors (Lipinski definition) is 2. The lowest BCUT2D eigenvalue weighted by molar-refractivity contribution is -0.134. The molecule has 0 saturated carbocycles. The molecular weight excluding hydrogens is 334 g/mol. The molecule has 26 heavy (non-hydrogen) atoms. The maximum Gasteiger partial charge on any atom is 0.258 e. The molecule has 0 aliphatic carbocycles. The van der Waals surface area contributed by atoms with Gasteiger partial charge in [0.1, 0.15) is 0 Å². The van der Waals surface area contributed by atoms with E-state index in [9.17, 15) is 19.5 Å². The smallest absolute Gasteiger partial charge is 0.258 e. The van der Waals surface area contributed by atoms with Crippen LogP contribution in [0.25, 0.3) is 6.08 Å². The SMILES string of the molecule is C/C=C\c1ccc2n(c1=O)C[C@@H]1[C@@H](CO)[C@H](C(=O)NCC)[C@H]2N1C(C)=O. The predicted molar refractivity (Wildman–Crippen MR) is 97.2 cm³/mol. The van der Waals surface area contributed by atoms with Crippen molar-refractivity contribution >= 4 is 17.9 Å². The molecule has 1 saturated heterocycles. The molecule has 2 aliphatic heterocycles. The van der Waals surface area contributed by atoms with Crippen LogP contribution >= 0.6 is 0 Å². The average Bonchev–Trinajstić information content (AvgIpc) is 2.85. The first kappa shape index (κ1) is 18.4. The number of nitrogens with zero attached hydrogens (tertiary/aromatic N) is 2. The summed E-state index contributed by atoms with van der Waals surface area (Å²) in [6.45, 7) is 5.69. The molecule has 1 fully saturated rings. The highest BCUT2D eigenvalue weighted by Crippen LogP contribution is 2.48. The van der Waals surface area contributed by atoms with E-state index in [0.29, 0.717) is 17.8 Å². The molecule has 3 heterocycles. The molecule has 0 unspecified atom stereocenters. The number of allylic oxidation sites excluding steroid dienone is 1. The highest BCUT2D eigenvalue weighted by Gasteiger charge is 2.56. The minimum Gasteiger partial charge on any atom is -0.396 e. The number of fused-ring (bicyclic) bond motifs is 4. The van der Waals surface area contributed by atoms with E-state index in [1.165, 1.54) is 6.92 Å². The van der Waals surface area contributed by atoms with Crippen LogP contribution in [0.1, 0.15) is 38.1 Å². The number of carbonyl (C=O) groups excluding carboxylic acids is 2. The van der Waals surface area contributed by atoms with Gasteiger partial charge in [0.05, 0.1) is 18.0 Å². The van der Waals surface area contributed by atoms with E-state index in [4.69, 9.17) is 0 Å². The topological polar surface area (TPSA) is 91.6 Å². The third-order valence-corrected chi connectivity index (χ3v) is 5.44. The van der Waals surface area contributed by atoms with Crippen molar-refractivity contribution in [1.82, 2.24) is 14.8 Å². The standard InChI is InChI=1S/C19H25N3O4/c1-4-6-12-7-8-14-17-16(18(25)20-5-2)13(10-23)15(22(17)11(3)24)9-21(14)19(12)26/h4,6-8,13,15-17,23H,5,9-10H2,1-3H3,(H,20,25)/b6-4-/t13-,15-,16+,17+/m1/s1. The van der Waals surface area contributed by atoms with Crippen molar-refractivity contribution < 1.29 is 14.7 Å². The summed E-state index contributed by atoms with van der Waals surface area (Å²) < 4.78 is 1.66. The molecule has 1 aromatic heterocycles. The molecule has 1 aromatic rings. The van der Waals surface area contributed by atoms with Crippen molar-refractivity contribution in [2.45, 2.75) is 39.4 Å². The molecule has 2 amide bonds. The number of pyridine rings is 1. The summed E-state index contributed by atoms with van der Waals surface area (Å²) in [6, 6.07) is 2.64. The van der Waals surface area contributed by atoms with Gasteiger partial charge in [0.15, 0.2) is 0 Å². The summed E-state index contributed by atoms with van der Waals surface area (Å²) in [7, 11) is 0. The fourth-order valence-electron chi connectivity index (χ4n) is 4.45. The van der Waals surface area contributed by atoms with Gasteiger partial charge in [0.25, 0.3) is 5.56 Å². The number of aliphatic hydroxyl groups excluding tert-OH is 1. The van der Waals surface area contributed by atoms with E-state index >= 15 is 0 Å². The fraction of sp³-hybridized carbons (Fsp3) is 0.526. The summed E-state index contributed by atoms with van der Waals surface area (Å²) in [6.07, 6.45) is 3.55. The van der Waals surface area contributed by atoms with Gasteiger partial charge in [-0.15, -0.1) is 0 Å². The van der Waals surface area contributed by atoms with Crippen LogP contribution < -0.4 is 10.9 Å². The summed E-state index contributed by atoms with van der Waals surface area (Å²) >= 11 is 0. The molecule has 7 nitrogen and oxygen atoms in total. The third kappa shape index (κ3) is 2.67. The van der Waals surface area contributed by atoms with E-state index in [0.717, 1.165) is 0 Å². The highest BCUT2D eigenvalue weighted by molar-refractivity contribution is 5.83. The van der Waals surface area contributed by atoms with Crippen molar-refractivity contribution in [2.75, 3.05) is 13.2 Å². The van der Waals surface area contributed by atoms with Crippen molar-refractivity contribution in [3.05, 3.63) is 39.8 Å². The lowest BCUT2D eigenvalue weighted by Crippen LogP contribution is -2.48. The molecule has 7 heteroatoms. The number of aliphatic hydroxyl groups is 1. The predicted octanol–water partition coefficient (Wildman–Crippen LogP) is 0.528. The molecule has 140 valence electrons. The molecule has 0 aromatic carbocycles. The number of rotatable bonds is 4. The number of amides is 2. The Balaban J connectivity index is 2.18. The van der Waals surface area contributed by atoms with Crippen molar-refractivity contribution in [1.29, 1.82) is 0 Å². The maximum atomic E-state index is 12.8. The zero-order valence-electron chi connectivity index (χ0n) is 15.3. The van der Waals surface area contributed by atoms with Crippen molar-refractivity contribution in [3.63, 3.8) is 0 Å². The Bertz CT molecular complexity index is 813. The second kappa shape index (κ2) is 7.07. The first-order valence-corrected chi connectivity index (χ1v) is 9.00. The van der Waals surface area contributed by atoms with Gasteiger partial charge < -0.3 is 19.9 Å². The second-order valence-corrected chi connectivity index (χ2v) is 6.83. The van der Waals surface area contributed by atoms with Crippen LogP contribution in [0.5, 0.6) is 0 Å². The van der Waals surface area contributed by atoms with E-state index in [1.807, 2.05) is 19.9 Å². The molecule has 2 bridgehead atoms. The van der Waals surface area contributed by atoms with Gasteiger partial charge in [-0.3, -0.25) is 14.4 Å². The van der Waals surface area contributed by atoms with Gasteiger partial charge >= 0.3 is 0 Å². The van der Waals surface area contributed by atoms with Crippen LogP contribution in [0, 0.1) is 11.8 Å². The number of hydrogen-bond acceptors (Lipinski definition) is 4. The van der Waals surface area contributed by atoms with Gasteiger partial charge in [-0.05, 0) is 26.0 Å². The van der Waals surface area contributed by atoms with Gasteiger partial charge in [0, 0.05) is 43.8 Å². The lowest BCUT2D eigenvalue weighted by atomic mass is 9.86. The monoisotopic (exact) mass is 359 g/mol. The first-order valence-electron chi connectivity index (χ1n) is 9.00. The fourth-order valence-corrected chi connectivity index (χ4v) is 4.45. The summed E-state index contributed by atoms with van der Waals surface area (Å²) in [5.74, 6) is -1.32. The largest absolute Gasteiger partial charge is 0.396 e. The Morgan fingerprint density at radius 3 is 2.69 bits per heavy atom. The van der Waals surface area contributed by atoms with Crippen LogP contribution in [0.15, 0.2) is 23.0 Å². The zero-order chi connectivity index (χ0) is 19.0. The van der Waals surface area contributed by atoms with E-state index in [1.54, 1.807) is 27.7 Å². The quantitative estimate of drug-likeness (QED) is 0.820. The van der Waals surface area contributed by atoms with Crippen molar-refractivity contribution in [2.24, 2.45) is 11.8 Å². The van der Waals surface area contributed by atoms with Gasteiger partial charge in [0.2, 0.25) is 11.8 Å². The Morgan fingerprint density at radius 2 is 2.12 bits per heavy atom. The highest BCUT2D eigenvalue weighted by atomic mass is 16.3. The third-order valence-electron chi connectivity index (χ3n) is 5.44. The molecule has 4 atom stereocenters. The molecule has 2 N–H and O–H groups in total. The lowest BCUT2D eigenvalue weighted by Gasteiger charge is -2.37. The second-order valence-electron chi connectivity index (χ2n) is 6.83. The van der Waals surface area contributed by atoms with Crippen LogP contribution in [-0.4, -0.2) is 45.6 Å². The molecule has 3 rings (SSSR count). The minimum atomic E-state index is -0.574. The Hall–Kier alpha value is -2.41. The minimum absolute atomic E-state index is 0.132. The van der Waals surface area contributed by atoms with Crippen LogP contribution in [-0.2, 0) is 16.1 Å². The van der Waals surface area contributed by atoms with E-state index in [2.05, 4.69) is 5.32 Å². The number of nitrogens with one attached hydrogen (secondary N) is 1. The molecule has 2 aliphatic rings. The molecular formula is C19H25N3O4. The molecule has 0 radical (unpaired) electrons. The Labute approximate surface area is 152 Å². The zero-order valence-corrected chi connectivity index (χ0v) is 15.3. The van der Waals surface area contributed by atoms with Crippen LogP contribution in [0.2, 0.25) is 0 Å². The Kier molecular flexibility index (Phi) is 5.00. The number of aromatic nitrogens is 1. The average molecular weight is 359 g/mol. The van der Waals surface area contributed by atoms with Gasteiger partial charge in [-0.25, -0.2) is 0 Å². The number of carbonyl (C=O) groups is 2. The Morgan fingerprint density at radius 1 is 1.38 bits per heavy atom. The normalized spacial score (nSPS) is 26.8. The summed E-state index contributed by atoms with van der Waals surface area (Å²) in [4.78, 5) is 39.6. The van der Waals surface area contributed by atoms with Crippen LogP contribution in [0.4, 0.5) is 0 Å². The maximum absolute atomic E-state index is 12.8. The van der Waals surface area contributed by atoms with Crippen LogP contribution in [0.3, 0.4) is 0 Å². The van der Waals surface area contributed by atoms with E-state index in [-0.39, 0.29) is 36.6 Å². The summed E-state index contributed by atoms with van der Waals surface area (Å²) in [5.41, 5.74) is 1.09. The first-order chi connectivity index (χ1) is 12.5. The van der Waals surface area contributed by atoms with Crippen molar-refractivity contribution in [3.8, 4) is 0 Å². The molecule has 0 spiro atoms.